The van der Waals surface area contributed by atoms with Crippen molar-refractivity contribution in [3.05, 3.63) is 11.7 Å². The van der Waals surface area contributed by atoms with Crippen molar-refractivity contribution in [3.63, 3.8) is 0 Å². The second-order valence-corrected chi connectivity index (χ2v) is 5.28. The van der Waals surface area contributed by atoms with Gasteiger partial charge < -0.3 is 19.9 Å². The zero-order chi connectivity index (χ0) is 15.9. The average molecular weight is 315 g/mol. The Morgan fingerprint density at radius 2 is 2.36 bits per heavy atom. The highest BCUT2D eigenvalue weighted by atomic mass is 19.1. The zero-order valence-electron chi connectivity index (χ0n) is 12.8. The Morgan fingerprint density at radius 1 is 1.55 bits per heavy atom. The summed E-state index contributed by atoms with van der Waals surface area (Å²) in [6.45, 7) is 3.69. The zero-order valence-corrected chi connectivity index (χ0v) is 12.8. The van der Waals surface area contributed by atoms with Crippen molar-refractivity contribution in [1.82, 2.24) is 25.7 Å². The number of rotatable bonds is 7. The van der Waals surface area contributed by atoms with Crippen molar-refractivity contribution < 1.29 is 18.4 Å². The molecule has 124 valence electrons. The Labute approximate surface area is 128 Å². The molecule has 0 aromatic carbocycles. The Balaban J connectivity index is 1.79. The van der Waals surface area contributed by atoms with E-state index in [1.54, 1.807) is 14.0 Å². The smallest absolute Gasteiger partial charge is 0.314 e. The van der Waals surface area contributed by atoms with Crippen molar-refractivity contribution in [1.29, 1.82) is 0 Å². The molecule has 2 heterocycles. The lowest BCUT2D eigenvalue weighted by Crippen LogP contribution is -2.44. The van der Waals surface area contributed by atoms with Crippen LogP contribution in [0.3, 0.4) is 0 Å². The minimum Gasteiger partial charge on any atom is -0.383 e. The molecule has 2 N–H and O–H groups in total. The molecular formula is C13H22FN5O3. The molecule has 1 aliphatic rings. The van der Waals surface area contributed by atoms with Crippen molar-refractivity contribution in [2.45, 2.75) is 32.1 Å². The van der Waals surface area contributed by atoms with E-state index in [2.05, 4.69) is 20.8 Å². The lowest BCUT2D eigenvalue weighted by Gasteiger charge is -2.22. The summed E-state index contributed by atoms with van der Waals surface area (Å²) in [5, 5.41) is 9.23. The number of carbonyl (C=O) groups is 1. The lowest BCUT2D eigenvalue weighted by atomic mass is 10.2. The highest BCUT2D eigenvalue weighted by Crippen LogP contribution is 2.21. The predicted molar refractivity (Wildman–Crippen MR) is 76.0 cm³/mol. The highest BCUT2D eigenvalue weighted by Gasteiger charge is 2.33. The average Bonchev–Trinajstić information content (AvgIpc) is 3.03. The second-order valence-electron chi connectivity index (χ2n) is 5.28. The molecule has 2 rings (SSSR count). The van der Waals surface area contributed by atoms with Crippen LogP contribution in [0.2, 0.25) is 0 Å². The summed E-state index contributed by atoms with van der Waals surface area (Å²) in [7, 11) is 1.57. The molecule has 1 fully saturated rings. The highest BCUT2D eigenvalue weighted by molar-refractivity contribution is 5.73. The third-order valence-corrected chi connectivity index (χ3v) is 3.48. The van der Waals surface area contributed by atoms with E-state index >= 15 is 0 Å². The number of amides is 2. The molecule has 1 saturated heterocycles. The third-order valence-electron chi connectivity index (χ3n) is 3.48. The molecule has 8 nitrogen and oxygen atoms in total. The van der Waals surface area contributed by atoms with Crippen LogP contribution >= 0.6 is 0 Å². The summed E-state index contributed by atoms with van der Waals surface area (Å²) in [6, 6.07) is -0.364. The molecule has 9 heteroatoms. The van der Waals surface area contributed by atoms with Gasteiger partial charge in [-0.3, -0.25) is 4.90 Å². The van der Waals surface area contributed by atoms with Crippen LogP contribution in [0.15, 0.2) is 4.52 Å². The Bertz CT molecular complexity index is 484. The SMILES string of the molecule is COCCNC(=O)NC[C@@H]1C[C@H](F)CN1Cc1noc(C)n1. The maximum atomic E-state index is 13.7. The normalized spacial score (nSPS) is 22.0. The van der Waals surface area contributed by atoms with Gasteiger partial charge >= 0.3 is 6.03 Å². The first kappa shape index (κ1) is 16.6. The number of ether oxygens (including phenoxy) is 1. The van der Waals surface area contributed by atoms with E-state index in [0.29, 0.717) is 50.9 Å². The van der Waals surface area contributed by atoms with Gasteiger partial charge in [0.2, 0.25) is 5.89 Å². The van der Waals surface area contributed by atoms with Crippen molar-refractivity contribution in [2.75, 3.05) is 33.4 Å². The molecule has 0 radical (unpaired) electrons. The minimum atomic E-state index is -0.906. The number of nitrogens with zero attached hydrogens (tertiary/aromatic N) is 3. The Hall–Kier alpha value is -1.74. The summed E-state index contributed by atoms with van der Waals surface area (Å²) in [6.07, 6.45) is -0.522. The fraction of sp³-hybridized carbons (Fsp3) is 0.769. The summed E-state index contributed by atoms with van der Waals surface area (Å²) < 4.78 is 23.4. The standard InChI is InChI=1S/C13H22FN5O3/c1-9-17-12(18-22-9)8-19-7-10(14)5-11(19)6-16-13(20)15-3-4-21-2/h10-11H,3-8H2,1-2H3,(H2,15,16,20)/t10-,11-/m0/s1. The van der Waals surface area contributed by atoms with Crippen molar-refractivity contribution in [3.8, 4) is 0 Å². The van der Waals surface area contributed by atoms with E-state index in [1.807, 2.05) is 4.90 Å². The summed E-state index contributed by atoms with van der Waals surface area (Å²) >= 11 is 0. The van der Waals surface area contributed by atoms with Gasteiger partial charge in [-0.05, 0) is 6.42 Å². The van der Waals surface area contributed by atoms with Gasteiger partial charge in [-0.1, -0.05) is 5.16 Å². The van der Waals surface area contributed by atoms with E-state index in [9.17, 15) is 9.18 Å². The largest absolute Gasteiger partial charge is 0.383 e. The van der Waals surface area contributed by atoms with Crippen molar-refractivity contribution in [2.24, 2.45) is 0 Å². The molecule has 0 unspecified atom stereocenters. The molecule has 0 bridgehead atoms. The van der Waals surface area contributed by atoms with Gasteiger partial charge in [-0.2, -0.15) is 4.98 Å². The first-order valence-corrected chi connectivity index (χ1v) is 7.26. The number of nitrogens with one attached hydrogen (secondary N) is 2. The van der Waals surface area contributed by atoms with Gasteiger partial charge in [0, 0.05) is 39.7 Å². The van der Waals surface area contributed by atoms with Gasteiger partial charge in [0.1, 0.15) is 6.17 Å². The summed E-state index contributed by atoms with van der Waals surface area (Å²) in [5.74, 6) is 1.01. The monoisotopic (exact) mass is 315 g/mol. The number of halogens is 1. The first-order chi connectivity index (χ1) is 10.6. The fourth-order valence-corrected chi connectivity index (χ4v) is 2.46. The fourth-order valence-electron chi connectivity index (χ4n) is 2.46. The molecule has 0 spiro atoms. The number of aromatic nitrogens is 2. The van der Waals surface area contributed by atoms with Gasteiger partial charge in [-0.15, -0.1) is 0 Å². The van der Waals surface area contributed by atoms with Gasteiger partial charge in [0.15, 0.2) is 5.82 Å². The maximum absolute atomic E-state index is 13.7. The van der Waals surface area contributed by atoms with Crippen LogP contribution in [0.4, 0.5) is 9.18 Å². The van der Waals surface area contributed by atoms with Gasteiger partial charge in [-0.25, -0.2) is 9.18 Å². The van der Waals surface area contributed by atoms with Gasteiger partial charge in [0.25, 0.3) is 0 Å². The molecule has 1 aromatic heterocycles. The number of urea groups is 1. The van der Waals surface area contributed by atoms with E-state index in [1.165, 1.54) is 0 Å². The molecule has 1 aromatic rings. The molecule has 22 heavy (non-hydrogen) atoms. The number of hydrogen-bond acceptors (Lipinski definition) is 6. The van der Waals surface area contributed by atoms with Gasteiger partial charge in [0.05, 0.1) is 13.2 Å². The van der Waals surface area contributed by atoms with Crippen LogP contribution in [-0.2, 0) is 11.3 Å². The topological polar surface area (TPSA) is 92.5 Å². The number of aryl methyl sites for hydroxylation is 1. The van der Waals surface area contributed by atoms with E-state index in [0.717, 1.165) is 0 Å². The van der Waals surface area contributed by atoms with Crippen LogP contribution in [0, 0.1) is 6.92 Å². The van der Waals surface area contributed by atoms with Crippen LogP contribution in [-0.4, -0.2) is 66.6 Å². The first-order valence-electron chi connectivity index (χ1n) is 7.26. The lowest BCUT2D eigenvalue weighted by molar-refractivity contribution is 0.193. The number of methoxy groups -OCH3 is 1. The maximum Gasteiger partial charge on any atom is 0.314 e. The van der Waals surface area contributed by atoms with E-state index in [-0.39, 0.29) is 12.1 Å². The van der Waals surface area contributed by atoms with Crippen LogP contribution in [0.25, 0.3) is 0 Å². The summed E-state index contributed by atoms with van der Waals surface area (Å²) in [5.41, 5.74) is 0. The molecule has 0 aliphatic carbocycles. The Kier molecular flexibility index (Phi) is 6.08. The number of carbonyl (C=O) groups excluding carboxylic acids is 1. The molecule has 2 amide bonds. The third kappa shape index (κ3) is 4.92. The predicted octanol–water partition coefficient (Wildman–Crippen LogP) is 0.236. The van der Waals surface area contributed by atoms with Crippen LogP contribution in [0.1, 0.15) is 18.1 Å². The second kappa shape index (κ2) is 8.04. The number of hydrogen-bond donors (Lipinski definition) is 2. The van der Waals surface area contributed by atoms with Crippen LogP contribution < -0.4 is 10.6 Å². The molecule has 1 aliphatic heterocycles. The molecule has 0 saturated carbocycles. The minimum absolute atomic E-state index is 0.0815. The van der Waals surface area contributed by atoms with E-state index in [4.69, 9.17) is 9.26 Å². The quantitative estimate of drug-likeness (QED) is 0.700. The Morgan fingerprint density at radius 3 is 3.05 bits per heavy atom. The number of alkyl halides is 1. The number of likely N-dealkylation sites (tertiary alicyclic amines) is 1. The summed E-state index contributed by atoms with van der Waals surface area (Å²) in [4.78, 5) is 17.6. The van der Waals surface area contributed by atoms with Crippen molar-refractivity contribution >= 4 is 6.03 Å². The van der Waals surface area contributed by atoms with Crippen LogP contribution in [0.5, 0.6) is 0 Å². The molecular weight excluding hydrogens is 293 g/mol. The molecule has 2 atom stereocenters. The van der Waals surface area contributed by atoms with E-state index < -0.39 is 6.17 Å².